The first-order valence-electron chi connectivity index (χ1n) is 13.7. The summed E-state index contributed by atoms with van der Waals surface area (Å²) in [4.78, 5) is 32.1. The number of carbonyl (C=O) groups excluding carboxylic acids is 2. The van der Waals surface area contributed by atoms with Crippen LogP contribution in [0.2, 0.25) is 0 Å². The first-order valence-corrected chi connectivity index (χ1v) is 13.7. The highest BCUT2D eigenvalue weighted by atomic mass is 19.1. The molecule has 1 aliphatic heterocycles. The summed E-state index contributed by atoms with van der Waals surface area (Å²) in [6.07, 6.45) is 2.04. The molecule has 226 valence electrons. The van der Waals surface area contributed by atoms with E-state index in [0.717, 1.165) is 17.7 Å². The van der Waals surface area contributed by atoms with Crippen LogP contribution in [0, 0.1) is 11.6 Å². The van der Waals surface area contributed by atoms with Crippen molar-refractivity contribution in [2.24, 2.45) is 0 Å². The van der Waals surface area contributed by atoms with Crippen molar-refractivity contribution in [1.29, 1.82) is 0 Å². The molecule has 3 amide bonds. The number of halogens is 2. The van der Waals surface area contributed by atoms with Crippen LogP contribution in [0.4, 0.5) is 19.3 Å². The van der Waals surface area contributed by atoms with Crippen LogP contribution in [0.5, 0.6) is 11.5 Å². The Kier molecular flexibility index (Phi) is 11.1. The highest BCUT2D eigenvalue weighted by Gasteiger charge is 2.24. The van der Waals surface area contributed by atoms with Gasteiger partial charge in [0.1, 0.15) is 23.9 Å². The number of urea groups is 1. The Bertz CT molecular complexity index is 1320. The molecule has 0 aliphatic carbocycles. The molecule has 42 heavy (non-hydrogen) atoms. The van der Waals surface area contributed by atoms with Gasteiger partial charge in [-0.15, -0.1) is 0 Å². The van der Waals surface area contributed by atoms with Gasteiger partial charge in [-0.05, 0) is 48.4 Å². The van der Waals surface area contributed by atoms with Gasteiger partial charge in [-0.2, -0.15) is 0 Å². The molecule has 1 aliphatic rings. The number of methoxy groups -OCH3 is 2. The van der Waals surface area contributed by atoms with Gasteiger partial charge in [0.2, 0.25) is 5.91 Å². The molecule has 0 bridgehead atoms. The summed E-state index contributed by atoms with van der Waals surface area (Å²) in [6, 6.07) is 11.3. The third-order valence-electron chi connectivity index (χ3n) is 6.97. The minimum Gasteiger partial charge on any atom is -0.493 e. The molecule has 3 aromatic rings. The van der Waals surface area contributed by atoms with Crippen molar-refractivity contribution in [3.63, 3.8) is 0 Å². The normalized spacial score (nSPS) is 13.4. The largest absolute Gasteiger partial charge is 0.493 e. The summed E-state index contributed by atoms with van der Waals surface area (Å²) in [6.45, 7) is 3.55. The summed E-state index contributed by atoms with van der Waals surface area (Å²) in [5.74, 6) is -0.204. The van der Waals surface area contributed by atoms with Crippen LogP contribution in [0.15, 0.2) is 59.2 Å². The highest BCUT2D eigenvalue weighted by Crippen LogP contribution is 2.28. The van der Waals surface area contributed by atoms with Crippen molar-refractivity contribution in [3.05, 3.63) is 77.8 Å². The van der Waals surface area contributed by atoms with Gasteiger partial charge in [-0.25, -0.2) is 13.6 Å². The maximum Gasteiger partial charge on any atom is 0.322 e. The zero-order valence-corrected chi connectivity index (χ0v) is 23.8. The van der Waals surface area contributed by atoms with Crippen LogP contribution in [-0.2, 0) is 22.5 Å². The number of morpholine rings is 1. The fraction of sp³-hybridized carbons (Fsp3) is 0.400. The molecule has 1 aromatic heterocycles. The van der Waals surface area contributed by atoms with E-state index in [-0.39, 0.29) is 31.2 Å². The van der Waals surface area contributed by atoms with E-state index in [4.69, 9.17) is 18.6 Å². The number of hydrogen-bond acceptors (Lipinski definition) is 7. The number of nitrogens with one attached hydrogen (secondary N) is 1. The van der Waals surface area contributed by atoms with Crippen molar-refractivity contribution < 1.29 is 37.0 Å². The smallest absolute Gasteiger partial charge is 0.322 e. The second-order valence-corrected chi connectivity index (χ2v) is 9.76. The van der Waals surface area contributed by atoms with Crippen LogP contribution in [0.3, 0.4) is 0 Å². The van der Waals surface area contributed by atoms with E-state index in [1.54, 1.807) is 37.3 Å². The molecule has 10 nitrogen and oxygen atoms in total. The molecule has 1 fully saturated rings. The quantitative estimate of drug-likeness (QED) is 0.323. The van der Waals surface area contributed by atoms with Gasteiger partial charge in [-0.3, -0.25) is 9.69 Å². The number of furan rings is 1. The lowest BCUT2D eigenvalue weighted by atomic mass is 10.1. The predicted octanol–water partition coefficient (Wildman–Crippen LogP) is 4.01. The van der Waals surface area contributed by atoms with E-state index in [9.17, 15) is 18.4 Å². The minimum absolute atomic E-state index is 0.175. The predicted molar refractivity (Wildman–Crippen MR) is 152 cm³/mol. The van der Waals surface area contributed by atoms with Crippen molar-refractivity contribution in [1.82, 2.24) is 14.7 Å². The van der Waals surface area contributed by atoms with Gasteiger partial charge in [0, 0.05) is 38.8 Å². The van der Waals surface area contributed by atoms with Crippen molar-refractivity contribution in [2.45, 2.75) is 13.0 Å². The van der Waals surface area contributed by atoms with E-state index in [1.807, 2.05) is 12.1 Å². The average molecular weight is 587 g/mol. The third-order valence-corrected chi connectivity index (χ3v) is 6.97. The van der Waals surface area contributed by atoms with E-state index >= 15 is 0 Å². The lowest BCUT2D eigenvalue weighted by molar-refractivity contribution is -0.132. The zero-order valence-electron chi connectivity index (χ0n) is 23.8. The third kappa shape index (κ3) is 8.67. The molecule has 1 N–H and O–H groups in total. The molecular formula is C30H36F2N4O6. The number of benzene rings is 2. The molecule has 1 saturated heterocycles. The van der Waals surface area contributed by atoms with Gasteiger partial charge in [0.15, 0.2) is 11.5 Å². The number of hydrogen-bond donors (Lipinski definition) is 1. The Morgan fingerprint density at radius 3 is 2.45 bits per heavy atom. The molecule has 0 atom stereocenters. The standard InChI is InChI=1S/C30H36F2N4O6/c1-39-27-8-5-22(18-28(27)40-2)9-10-35(20-24-4-3-15-42-24)29(37)21-36(12-11-34-13-16-41-17-14-34)30(38)33-26-7-6-23(31)19-25(26)32/h3-8,15,18-19H,9-14,16-17,20-21H2,1-2H3,(H,33,38). The first kappa shape index (κ1) is 30.8. The summed E-state index contributed by atoms with van der Waals surface area (Å²) >= 11 is 0. The molecule has 0 unspecified atom stereocenters. The SMILES string of the molecule is COc1ccc(CCN(Cc2ccco2)C(=O)CN(CCN2CCOCC2)C(=O)Nc2ccc(F)cc2F)cc1OC. The number of carbonyl (C=O) groups is 2. The minimum atomic E-state index is -0.905. The summed E-state index contributed by atoms with van der Waals surface area (Å²) in [5.41, 5.74) is 0.754. The number of amides is 3. The van der Waals surface area contributed by atoms with Gasteiger partial charge in [0.05, 0.1) is 45.9 Å². The highest BCUT2D eigenvalue weighted by molar-refractivity contribution is 5.92. The Morgan fingerprint density at radius 2 is 1.76 bits per heavy atom. The molecule has 0 spiro atoms. The van der Waals surface area contributed by atoms with E-state index in [2.05, 4.69) is 10.2 Å². The summed E-state index contributed by atoms with van der Waals surface area (Å²) < 4.78 is 49.4. The van der Waals surface area contributed by atoms with Crippen LogP contribution < -0.4 is 14.8 Å². The molecule has 12 heteroatoms. The lowest BCUT2D eigenvalue weighted by Gasteiger charge is -2.31. The second kappa shape index (κ2) is 15.2. The Balaban J connectivity index is 1.49. The zero-order chi connectivity index (χ0) is 29.9. The van der Waals surface area contributed by atoms with Gasteiger partial charge < -0.3 is 33.7 Å². The Morgan fingerprint density at radius 1 is 0.976 bits per heavy atom. The van der Waals surface area contributed by atoms with Crippen molar-refractivity contribution in [3.8, 4) is 11.5 Å². The van der Waals surface area contributed by atoms with Crippen molar-refractivity contribution >= 4 is 17.6 Å². The van der Waals surface area contributed by atoms with Crippen LogP contribution in [-0.4, -0.2) is 93.3 Å². The topological polar surface area (TPSA) is 96.7 Å². The average Bonchev–Trinajstić information content (AvgIpc) is 3.52. The summed E-state index contributed by atoms with van der Waals surface area (Å²) in [7, 11) is 3.12. The van der Waals surface area contributed by atoms with Crippen molar-refractivity contribution in [2.75, 3.05) is 72.0 Å². The Labute approximate surface area is 243 Å². The number of rotatable bonds is 13. The summed E-state index contributed by atoms with van der Waals surface area (Å²) in [5, 5.41) is 2.48. The maximum atomic E-state index is 14.3. The maximum absolute atomic E-state index is 14.3. The number of anilines is 1. The van der Waals surface area contributed by atoms with Crippen LogP contribution >= 0.6 is 0 Å². The van der Waals surface area contributed by atoms with Gasteiger partial charge in [-0.1, -0.05) is 6.07 Å². The van der Waals surface area contributed by atoms with E-state index < -0.39 is 17.7 Å². The fourth-order valence-electron chi connectivity index (χ4n) is 4.57. The van der Waals surface area contributed by atoms with Crippen LogP contribution in [0.25, 0.3) is 0 Å². The number of ether oxygens (including phenoxy) is 3. The molecule has 0 saturated carbocycles. The van der Waals surface area contributed by atoms with Gasteiger partial charge >= 0.3 is 6.03 Å². The van der Waals surface area contributed by atoms with E-state index in [0.29, 0.717) is 69.1 Å². The Hall–Kier alpha value is -4.16. The molecule has 2 heterocycles. The fourth-order valence-corrected chi connectivity index (χ4v) is 4.57. The van der Waals surface area contributed by atoms with Gasteiger partial charge in [0.25, 0.3) is 0 Å². The van der Waals surface area contributed by atoms with E-state index in [1.165, 1.54) is 11.2 Å². The van der Waals surface area contributed by atoms with Crippen LogP contribution in [0.1, 0.15) is 11.3 Å². The lowest BCUT2D eigenvalue weighted by Crippen LogP contribution is -2.48. The monoisotopic (exact) mass is 586 g/mol. The number of nitrogens with zero attached hydrogens (tertiary/aromatic N) is 3. The first-order chi connectivity index (χ1) is 20.4. The molecular weight excluding hydrogens is 550 g/mol. The molecule has 0 radical (unpaired) electrons. The second-order valence-electron chi connectivity index (χ2n) is 9.76. The molecule has 2 aromatic carbocycles. The molecule has 4 rings (SSSR count).